The van der Waals surface area contributed by atoms with Gasteiger partial charge in [0.05, 0.1) is 0 Å². The maximum atomic E-state index is 5.31. The maximum absolute atomic E-state index is 5.31. The maximum Gasteiger partial charge on any atom is 0.0476 e. The first-order chi connectivity index (χ1) is 5.83. The van der Waals surface area contributed by atoms with E-state index in [1.54, 1.807) is 0 Å². The van der Waals surface area contributed by atoms with Gasteiger partial charge < -0.3 is 10.1 Å². The third-order valence-corrected chi connectivity index (χ3v) is 3.57. The van der Waals surface area contributed by atoms with Crippen LogP contribution in [0.25, 0.3) is 0 Å². The highest BCUT2D eigenvalue weighted by atomic mass is 32.2. The van der Waals surface area contributed by atoms with Crippen molar-refractivity contribution in [2.24, 2.45) is 0 Å². The Bertz CT molecular complexity index is 115. The van der Waals surface area contributed by atoms with Gasteiger partial charge in [0.15, 0.2) is 0 Å². The van der Waals surface area contributed by atoms with Gasteiger partial charge in [-0.2, -0.15) is 11.8 Å². The van der Waals surface area contributed by atoms with Gasteiger partial charge in [0, 0.05) is 30.3 Å². The third-order valence-electron chi connectivity index (χ3n) is 2.08. The van der Waals surface area contributed by atoms with E-state index in [0.717, 1.165) is 30.3 Å². The second kappa shape index (κ2) is 5.84. The van der Waals surface area contributed by atoms with Crippen molar-refractivity contribution in [3.63, 3.8) is 0 Å². The number of rotatable bonds is 4. The van der Waals surface area contributed by atoms with E-state index in [2.05, 4.69) is 24.0 Å². The molecule has 0 radical (unpaired) electrons. The summed E-state index contributed by atoms with van der Waals surface area (Å²) in [6, 6.07) is 0. The van der Waals surface area contributed by atoms with Crippen LogP contribution in [0, 0.1) is 0 Å². The van der Waals surface area contributed by atoms with Gasteiger partial charge in [-0.25, -0.2) is 0 Å². The molecular weight excluding hydrogens is 170 g/mol. The average Bonchev–Trinajstić information content (AvgIpc) is 2.06. The molecule has 72 valence electrons. The van der Waals surface area contributed by atoms with Gasteiger partial charge in [0.25, 0.3) is 0 Å². The largest absolute Gasteiger partial charge is 0.381 e. The van der Waals surface area contributed by atoms with E-state index in [1.807, 2.05) is 7.05 Å². The molecule has 0 aliphatic carbocycles. The summed E-state index contributed by atoms with van der Waals surface area (Å²) >= 11 is 2.10. The molecule has 1 N–H and O–H groups in total. The van der Waals surface area contributed by atoms with Gasteiger partial charge in [-0.1, -0.05) is 6.92 Å². The van der Waals surface area contributed by atoms with Gasteiger partial charge in [-0.15, -0.1) is 0 Å². The van der Waals surface area contributed by atoms with Crippen molar-refractivity contribution in [1.82, 2.24) is 5.32 Å². The molecule has 1 fully saturated rings. The quantitative estimate of drug-likeness (QED) is 0.724. The van der Waals surface area contributed by atoms with Crippen molar-refractivity contribution in [2.75, 3.05) is 26.8 Å². The Balaban J connectivity index is 2.11. The zero-order valence-electron chi connectivity index (χ0n) is 8.01. The molecular formula is C9H19NOS. The number of hydrogen-bond acceptors (Lipinski definition) is 3. The summed E-state index contributed by atoms with van der Waals surface area (Å²) in [4.78, 5) is 0. The summed E-state index contributed by atoms with van der Waals surface area (Å²) in [5.41, 5.74) is 0. The second-order valence-electron chi connectivity index (χ2n) is 3.32. The van der Waals surface area contributed by atoms with Crippen molar-refractivity contribution < 1.29 is 4.74 Å². The molecule has 1 saturated heterocycles. The van der Waals surface area contributed by atoms with Crippen LogP contribution in [0.2, 0.25) is 0 Å². The molecule has 1 heterocycles. The van der Waals surface area contributed by atoms with Crippen LogP contribution in [0.4, 0.5) is 0 Å². The molecule has 2 nitrogen and oxygen atoms in total. The van der Waals surface area contributed by atoms with Crippen molar-refractivity contribution >= 4 is 11.8 Å². The number of thioether (sulfide) groups is 1. The standard InChI is InChI=1S/C9H19NOS/c1-8(7-10-2)12-9-3-5-11-6-4-9/h8-10H,3-7H2,1-2H3. The predicted octanol–water partition coefficient (Wildman–Crippen LogP) is 1.51. The molecule has 1 rings (SSSR count). The van der Waals surface area contributed by atoms with Crippen LogP contribution in [-0.4, -0.2) is 37.3 Å². The number of ether oxygens (including phenoxy) is 1. The Morgan fingerprint density at radius 3 is 2.75 bits per heavy atom. The smallest absolute Gasteiger partial charge is 0.0476 e. The molecule has 0 bridgehead atoms. The lowest BCUT2D eigenvalue weighted by Gasteiger charge is -2.24. The van der Waals surface area contributed by atoms with Gasteiger partial charge in [0.2, 0.25) is 0 Å². The number of hydrogen-bond donors (Lipinski definition) is 1. The zero-order valence-corrected chi connectivity index (χ0v) is 8.82. The lowest BCUT2D eigenvalue weighted by Crippen LogP contribution is -2.24. The van der Waals surface area contributed by atoms with Crippen molar-refractivity contribution in [3.8, 4) is 0 Å². The highest BCUT2D eigenvalue weighted by molar-refractivity contribution is 8.00. The molecule has 0 aromatic heterocycles. The van der Waals surface area contributed by atoms with Gasteiger partial charge in [-0.3, -0.25) is 0 Å². The SMILES string of the molecule is CNCC(C)SC1CCOCC1. The lowest BCUT2D eigenvalue weighted by molar-refractivity contribution is 0.0999. The van der Waals surface area contributed by atoms with Gasteiger partial charge in [-0.05, 0) is 19.9 Å². The zero-order chi connectivity index (χ0) is 8.81. The van der Waals surface area contributed by atoms with E-state index >= 15 is 0 Å². The van der Waals surface area contributed by atoms with Crippen LogP contribution in [0.5, 0.6) is 0 Å². The normalized spacial score (nSPS) is 22.5. The van der Waals surface area contributed by atoms with E-state index in [1.165, 1.54) is 12.8 Å². The molecule has 12 heavy (non-hydrogen) atoms. The van der Waals surface area contributed by atoms with Crippen LogP contribution >= 0.6 is 11.8 Å². The molecule has 0 spiro atoms. The summed E-state index contributed by atoms with van der Waals surface area (Å²) in [7, 11) is 2.01. The minimum absolute atomic E-state index is 0.734. The Labute approximate surface area is 79.4 Å². The van der Waals surface area contributed by atoms with Crippen LogP contribution in [0.1, 0.15) is 19.8 Å². The molecule has 3 heteroatoms. The third kappa shape index (κ3) is 3.78. The molecule has 1 aliphatic heterocycles. The van der Waals surface area contributed by atoms with Crippen LogP contribution in [0.15, 0.2) is 0 Å². The fourth-order valence-corrected chi connectivity index (χ4v) is 2.86. The van der Waals surface area contributed by atoms with E-state index in [-0.39, 0.29) is 0 Å². The van der Waals surface area contributed by atoms with E-state index in [4.69, 9.17) is 4.74 Å². The van der Waals surface area contributed by atoms with Crippen LogP contribution in [0.3, 0.4) is 0 Å². The average molecular weight is 189 g/mol. The van der Waals surface area contributed by atoms with Crippen molar-refractivity contribution in [1.29, 1.82) is 0 Å². The topological polar surface area (TPSA) is 21.3 Å². The first kappa shape index (κ1) is 10.4. The Kier molecular flexibility index (Phi) is 5.04. The monoisotopic (exact) mass is 189 g/mol. The Hall–Kier alpha value is 0.270. The van der Waals surface area contributed by atoms with Gasteiger partial charge in [0.1, 0.15) is 0 Å². The molecule has 0 saturated carbocycles. The molecule has 0 aromatic carbocycles. The predicted molar refractivity (Wildman–Crippen MR) is 54.8 cm³/mol. The van der Waals surface area contributed by atoms with Gasteiger partial charge >= 0.3 is 0 Å². The van der Waals surface area contributed by atoms with Crippen LogP contribution in [-0.2, 0) is 4.74 Å². The lowest BCUT2D eigenvalue weighted by atomic mass is 10.2. The van der Waals surface area contributed by atoms with Crippen LogP contribution < -0.4 is 5.32 Å². The first-order valence-electron chi connectivity index (χ1n) is 4.70. The van der Waals surface area contributed by atoms with E-state index in [0.29, 0.717) is 0 Å². The first-order valence-corrected chi connectivity index (χ1v) is 5.65. The highest BCUT2D eigenvalue weighted by Gasteiger charge is 2.16. The molecule has 1 atom stereocenters. The Morgan fingerprint density at radius 2 is 2.17 bits per heavy atom. The Morgan fingerprint density at radius 1 is 1.50 bits per heavy atom. The highest BCUT2D eigenvalue weighted by Crippen LogP contribution is 2.25. The summed E-state index contributed by atoms with van der Waals surface area (Å²) in [5.74, 6) is 0. The minimum Gasteiger partial charge on any atom is -0.381 e. The fraction of sp³-hybridized carbons (Fsp3) is 1.00. The summed E-state index contributed by atoms with van der Waals surface area (Å²) in [6.07, 6.45) is 2.47. The molecule has 0 aromatic rings. The molecule has 0 amide bonds. The summed E-state index contributed by atoms with van der Waals surface area (Å²) in [6.45, 7) is 5.33. The van der Waals surface area contributed by atoms with Crippen molar-refractivity contribution in [2.45, 2.75) is 30.3 Å². The minimum atomic E-state index is 0.734. The molecule has 1 aliphatic rings. The second-order valence-corrected chi connectivity index (χ2v) is 5.06. The summed E-state index contributed by atoms with van der Waals surface area (Å²) < 4.78 is 5.31. The summed E-state index contributed by atoms with van der Waals surface area (Å²) in [5, 5.41) is 4.77. The molecule has 1 unspecified atom stereocenters. The van der Waals surface area contributed by atoms with E-state index < -0.39 is 0 Å². The fourth-order valence-electron chi connectivity index (χ4n) is 1.48. The van der Waals surface area contributed by atoms with E-state index in [9.17, 15) is 0 Å². The number of nitrogens with one attached hydrogen (secondary N) is 1. The van der Waals surface area contributed by atoms with Crippen molar-refractivity contribution in [3.05, 3.63) is 0 Å².